The molecule has 7 heteroatoms. The number of nitrogens with zero attached hydrogens (tertiary/aromatic N) is 2. The van der Waals surface area contributed by atoms with E-state index in [1.165, 1.54) is 13.2 Å². The summed E-state index contributed by atoms with van der Waals surface area (Å²) in [6, 6.07) is 16.3. The molecule has 26 heavy (non-hydrogen) atoms. The number of methoxy groups -OCH3 is 1. The molecule has 0 atom stereocenters. The number of ether oxygens (including phenoxy) is 1. The monoisotopic (exact) mass is 371 g/mol. The van der Waals surface area contributed by atoms with Crippen LogP contribution in [0.4, 0.5) is 0 Å². The van der Waals surface area contributed by atoms with Crippen molar-refractivity contribution in [2.24, 2.45) is 0 Å². The average molecular weight is 371 g/mol. The van der Waals surface area contributed by atoms with Crippen LogP contribution in [0, 0.1) is 13.8 Å². The molecule has 0 bridgehead atoms. The third-order valence-corrected chi connectivity index (χ3v) is 5.68. The first kappa shape index (κ1) is 18.2. The zero-order valence-electron chi connectivity index (χ0n) is 14.9. The van der Waals surface area contributed by atoms with Gasteiger partial charge in [-0.3, -0.25) is 0 Å². The normalized spacial score (nSPS) is 11.5. The van der Waals surface area contributed by atoms with Gasteiger partial charge in [0.1, 0.15) is 10.6 Å². The summed E-state index contributed by atoms with van der Waals surface area (Å²) >= 11 is 0. The van der Waals surface area contributed by atoms with Crippen LogP contribution in [0.25, 0.3) is 5.69 Å². The average Bonchev–Trinajstić information content (AvgIpc) is 2.94. The summed E-state index contributed by atoms with van der Waals surface area (Å²) in [5.74, 6) is 0.313. The van der Waals surface area contributed by atoms with Gasteiger partial charge in [0.2, 0.25) is 10.0 Å². The number of hydrogen-bond donors (Lipinski definition) is 1. The van der Waals surface area contributed by atoms with Gasteiger partial charge in [0.15, 0.2) is 0 Å². The van der Waals surface area contributed by atoms with Crippen LogP contribution >= 0.6 is 0 Å². The van der Waals surface area contributed by atoms with E-state index in [-0.39, 0.29) is 11.4 Å². The maximum atomic E-state index is 12.7. The van der Waals surface area contributed by atoms with Gasteiger partial charge in [-0.2, -0.15) is 5.10 Å². The fourth-order valence-electron chi connectivity index (χ4n) is 2.84. The van der Waals surface area contributed by atoms with Gasteiger partial charge in [0, 0.05) is 17.8 Å². The van der Waals surface area contributed by atoms with Crippen LogP contribution in [0.15, 0.2) is 59.5 Å². The molecule has 0 fully saturated rings. The maximum absolute atomic E-state index is 12.7. The zero-order valence-corrected chi connectivity index (χ0v) is 15.7. The van der Waals surface area contributed by atoms with Crippen molar-refractivity contribution in [2.45, 2.75) is 25.3 Å². The zero-order chi connectivity index (χ0) is 18.7. The number of aryl methyl sites for hydroxylation is 1. The van der Waals surface area contributed by atoms with Crippen molar-refractivity contribution in [3.8, 4) is 11.4 Å². The maximum Gasteiger partial charge on any atom is 0.244 e. The predicted octanol–water partition coefficient (Wildman–Crippen LogP) is 2.98. The van der Waals surface area contributed by atoms with E-state index in [0.29, 0.717) is 5.75 Å². The first-order chi connectivity index (χ1) is 12.4. The molecule has 3 rings (SSSR count). The highest BCUT2D eigenvalue weighted by Gasteiger charge is 2.21. The van der Waals surface area contributed by atoms with Crippen molar-refractivity contribution >= 4 is 10.0 Å². The Morgan fingerprint density at radius 1 is 1.04 bits per heavy atom. The molecule has 0 aliphatic rings. The van der Waals surface area contributed by atoms with E-state index in [4.69, 9.17) is 4.74 Å². The van der Waals surface area contributed by atoms with E-state index < -0.39 is 10.0 Å². The van der Waals surface area contributed by atoms with Crippen molar-refractivity contribution < 1.29 is 13.2 Å². The van der Waals surface area contributed by atoms with Gasteiger partial charge in [-0.1, -0.05) is 30.3 Å². The lowest BCUT2D eigenvalue weighted by molar-refractivity contribution is 0.402. The molecule has 0 saturated carbocycles. The molecule has 136 valence electrons. The third-order valence-electron chi connectivity index (χ3n) is 4.24. The molecule has 0 amide bonds. The molecular formula is C19H21N3O3S. The van der Waals surface area contributed by atoms with Gasteiger partial charge >= 0.3 is 0 Å². The molecule has 2 aromatic carbocycles. The second-order valence-corrected chi connectivity index (χ2v) is 7.61. The standard InChI is InChI=1S/C19H21N3O3S/c1-14-17(15(2)22(21-14)16-9-5-4-6-10-16)13-20-26(23,24)19-12-8-7-11-18(19)25-3/h4-12,20H,13H2,1-3H3. The predicted molar refractivity (Wildman–Crippen MR) is 100 cm³/mol. The number of rotatable bonds is 6. The van der Waals surface area contributed by atoms with Crippen molar-refractivity contribution in [1.29, 1.82) is 0 Å². The number of nitrogens with one attached hydrogen (secondary N) is 1. The largest absolute Gasteiger partial charge is 0.495 e. The summed E-state index contributed by atoms with van der Waals surface area (Å²) in [6.45, 7) is 3.96. The van der Waals surface area contributed by atoms with Gasteiger partial charge < -0.3 is 4.74 Å². The Morgan fingerprint density at radius 3 is 2.38 bits per heavy atom. The molecule has 0 saturated heterocycles. The molecule has 1 heterocycles. The lowest BCUT2D eigenvalue weighted by atomic mass is 10.2. The van der Waals surface area contributed by atoms with Crippen LogP contribution in [0.5, 0.6) is 5.75 Å². The molecular weight excluding hydrogens is 350 g/mol. The number of sulfonamides is 1. The molecule has 0 aliphatic heterocycles. The van der Waals surface area contributed by atoms with Crippen molar-refractivity contribution in [3.63, 3.8) is 0 Å². The van der Waals surface area contributed by atoms with Crippen LogP contribution in [0.3, 0.4) is 0 Å². The van der Waals surface area contributed by atoms with E-state index in [0.717, 1.165) is 22.6 Å². The summed E-state index contributed by atoms with van der Waals surface area (Å²) < 4.78 is 35.0. The fourth-order valence-corrected chi connectivity index (χ4v) is 4.00. The molecule has 1 N–H and O–H groups in total. The first-order valence-corrected chi connectivity index (χ1v) is 9.65. The SMILES string of the molecule is COc1ccccc1S(=O)(=O)NCc1c(C)nn(-c2ccccc2)c1C. The van der Waals surface area contributed by atoms with Gasteiger partial charge in [0.25, 0.3) is 0 Å². The minimum absolute atomic E-state index is 0.119. The van der Waals surface area contributed by atoms with Gasteiger partial charge in [-0.15, -0.1) is 0 Å². The molecule has 0 aliphatic carbocycles. The van der Waals surface area contributed by atoms with E-state index >= 15 is 0 Å². The topological polar surface area (TPSA) is 73.2 Å². The van der Waals surface area contributed by atoms with Crippen molar-refractivity contribution in [3.05, 3.63) is 71.5 Å². The smallest absolute Gasteiger partial charge is 0.244 e. The number of para-hydroxylation sites is 2. The van der Waals surface area contributed by atoms with E-state index in [1.54, 1.807) is 18.2 Å². The molecule has 3 aromatic rings. The number of benzene rings is 2. The third kappa shape index (κ3) is 3.49. The van der Waals surface area contributed by atoms with Crippen molar-refractivity contribution in [1.82, 2.24) is 14.5 Å². The summed E-state index contributed by atoms with van der Waals surface area (Å²) in [6.07, 6.45) is 0. The quantitative estimate of drug-likeness (QED) is 0.723. The van der Waals surface area contributed by atoms with Gasteiger partial charge in [-0.25, -0.2) is 17.8 Å². The van der Waals surface area contributed by atoms with Crippen LogP contribution in [0.1, 0.15) is 17.0 Å². The molecule has 6 nitrogen and oxygen atoms in total. The molecule has 0 spiro atoms. The Kier molecular flexibility index (Phi) is 5.11. The summed E-state index contributed by atoms with van der Waals surface area (Å²) in [5.41, 5.74) is 3.48. The second-order valence-electron chi connectivity index (χ2n) is 5.87. The van der Waals surface area contributed by atoms with Gasteiger partial charge in [0.05, 0.1) is 18.5 Å². The summed E-state index contributed by atoms with van der Waals surface area (Å²) in [4.78, 5) is 0.119. The molecule has 0 unspecified atom stereocenters. The second kappa shape index (κ2) is 7.31. The Labute approximate surface area is 153 Å². The van der Waals surface area contributed by atoms with Crippen LogP contribution < -0.4 is 9.46 Å². The van der Waals surface area contributed by atoms with Crippen LogP contribution in [-0.2, 0) is 16.6 Å². The highest BCUT2D eigenvalue weighted by Crippen LogP contribution is 2.23. The van der Waals surface area contributed by atoms with E-state index in [1.807, 2.05) is 48.9 Å². The Bertz CT molecular complexity index is 1010. The lowest BCUT2D eigenvalue weighted by Crippen LogP contribution is -2.24. The summed E-state index contributed by atoms with van der Waals surface area (Å²) in [5, 5.41) is 4.54. The minimum atomic E-state index is -3.70. The van der Waals surface area contributed by atoms with Crippen LogP contribution in [-0.4, -0.2) is 25.3 Å². The van der Waals surface area contributed by atoms with Crippen LogP contribution in [0.2, 0.25) is 0 Å². The van der Waals surface area contributed by atoms with E-state index in [9.17, 15) is 8.42 Å². The summed E-state index contributed by atoms with van der Waals surface area (Å²) in [7, 11) is -2.25. The highest BCUT2D eigenvalue weighted by atomic mass is 32.2. The Balaban J connectivity index is 1.87. The first-order valence-electron chi connectivity index (χ1n) is 8.17. The Morgan fingerprint density at radius 2 is 1.69 bits per heavy atom. The minimum Gasteiger partial charge on any atom is -0.495 e. The number of aromatic nitrogens is 2. The van der Waals surface area contributed by atoms with Gasteiger partial charge in [-0.05, 0) is 38.1 Å². The lowest BCUT2D eigenvalue weighted by Gasteiger charge is -2.11. The molecule has 0 radical (unpaired) electrons. The number of hydrogen-bond acceptors (Lipinski definition) is 4. The Hall–Kier alpha value is -2.64. The van der Waals surface area contributed by atoms with Crippen molar-refractivity contribution in [2.75, 3.05) is 7.11 Å². The fraction of sp³-hybridized carbons (Fsp3) is 0.211. The highest BCUT2D eigenvalue weighted by molar-refractivity contribution is 7.89. The van der Waals surface area contributed by atoms with E-state index in [2.05, 4.69) is 9.82 Å². The molecule has 1 aromatic heterocycles.